The minimum absolute atomic E-state index is 0.0403. The highest BCUT2D eigenvalue weighted by Crippen LogP contribution is 2.27. The van der Waals surface area contributed by atoms with Crippen LogP contribution in [0, 0.1) is 5.82 Å². The Morgan fingerprint density at radius 2 is 1.87 bits per heavy atom. The van der Waals surface area contributed by atoms with E-state index >= 15 is 0 Å². The molecular weight excluding hydrogens is 317 g/mol. The second kappa shape index (κ2) is 7.47. The molecule has 0 aromatic heterocycles. The number of ether oxygens (including phenoxy) is 1. The van der Waals surface area contributed by atoms with Crippen molar-refractivity contribution in [1.29, 1.82) is 0 Å². The first-order valence-corrected chi connectivity index (χ1v) is 7.77. The summed E-state index contributed by atoms with van der Waals surface area (Å²) in [5.74, 6) is 0.116. The molecule has 0 aliphatic rings. The standard InChI is InChI=1S/C18H19ClFNO2/c1-11(2)14-6-4-5-7-17(14)23-12(3)18(22)21-13-8-9-16(20)15(19)10-13/h4-12H,1-3H3,(H,21,22)/t12-/m1/s1. The zero-order valence-electron chi connectivity index (χ0n) is 13.3. The van der Waals surface area contributed by atoms with E-state index in [4.69, 9.17) is 16.3 Å². The molecule has 0 saturated heterocycles. The Bertz CT molecular complexity index is 703. The van der Waals surface area contributed by atoms with Gasteiger partial charge >= 0.3 is 0 Å². The van der Waals surface area contributed by atoms with E-state index in [9.17, 15) is 9.18 Å². The highest BCUT2D eigenvalue weighted by Gasteiger charge is 2.17. The molecule has 0 fully saturated rings. The van der Waals surface area contributed by atoms with Gasteiger partial charge in [0.15, 0.2) is 6.10 Å². The Balaban J connectivity index is 2.07. The summed E-state index contributed by atoms with van der Waals surface area (Å²) in [6, 6.07) is 11.6. The molecule has 122 valence electrons. The van der Waals surface area contributed by atoms with Crippen molar-refractivity contribution >= 4 is 23.2 Å². The molecule has 5 heteroatoms. The molecule has 0 heterocycles. The first kappa shape index (κ1) is 17.3. The molecule has 23 heavy (non-hydrogen) atoms. The number of hydrogen-bond acceptors (Lipinski definition) is 2. The fraction of sp³-hybridized carbons (Fsp3) is 0.278. The molecule has 0 bridgehead atoms. The van der Waals surface area contributed by atoms with Crippen LogP contribution in [-0.2, 0) is 4.79 Å². The lowest BCUT2D eigenvalue weighted by molar-refractivity contribution is -0.122. The number of hydrogen-bond donors (Lipinski definition) is 1. The molecule has 2 aromatic carbocycles. The van der Waals surface area contributed by atoms with E-state index in [1.165, 1.54) is 18.2 Å². The minimum Gasteiger partial charge on any atom is -0.481 e. The molecule has 3 nitrogen and oxygen atoms in total. The summed E-state index contributed by atoms with van der Waals surface area (Å²) in [6.45, 7) is 5.79. The van der Waals surface area contributed by atoms with Crippen LogP contribution < -0.4 is 10.1 Å². The van der Waals surface area contributed by atoms with Crippen molar-refractivity contribution < 1.29 is 13.9 Å². The molecule has 0 radical (unpaired) electrons. The molecule has 1 atom stereocenters. The van der Waals surface area contributed by atoms with Gasteiger partial charge in [-0.1, -0.05) is 43.6 Å². The number of carbonyl (C=O) groups excluding carboxylic acids is 1. The molecule has 0 aliphatic heterocycles. The van der Waals surface area contributed by atoms with Gasteiger partial charge in [-0.3, -0.25) is 4.79 Å². The number of benzene rings is 2. The summed E-state index contributed by atoms with van der Waals surface area (Å²) in [7, 11) is 0. The summed E-state index contributed by atoms with van der Waals surface area (Å²) in [5.41, 5.74) is 1.46. The summed E-state index contributed by atoms with van der Waals surface area (Å²) in [6.07, 6.45) is -0.696. The van der Waals surface area contributed by atoms with E-state index < -0.39 is 11.9 Å². The highest BCUT2D eigenvalue weighted by atomic mass is 35.5. The van der Waals surface area contributed by atoms with Crippen LogP contribution in [0.15, 0.2) is 42.5 Å². The van der Waals surface area contributed by atoms with Crippen LogP contribution in [0.25, 0.3) is 0 Å². The Kier molecular flexibility index (Phi) is 5.61. The normalized spacial score (nSPS) is 12.1. The molecule has 0 unspecified atom stereocenters. The predicted molar refractivity (Wildman–Crippen MR) is 90.7 cm³/mol. The van der Waals surface area contributed by atoms with Gasteiger partial charge in [-0.25, -0.2) is 4.39 Å². The van der Waals surface area contributed by atoms with E-state index in [1.54, 1.807) is 6.92 Å². The molecule has 1 amide bonds. The average molecular weight is 336 g/mol. The third-order valence-electron chi connectivity index (χ3n) is 3.40. The average Bonchev–Trinajstić information content (AvgIpc) is 2.51. The SMILES string of the molecule is CC(C)c1ccccc1O[C@H](C)C(=O)Nc1ccc(F)c(Cl)c1. The van der Waals surface area contributed by atoms with Crippen molar-refractivity contribution in [3.05, 3.63) is 58.9 Å². The van der Waals surface area contributed by atoms with Crippen LogP contribution in [0.5, 0.6) is 5.75 Å². The largest absolute Gasteiger partial charge is 0.481 e. The van der Waals surface area contributed by atoms with Crippen molar-refractivity contribution in [2.75, 3.05) is 5.32 Å². The van der Waals surface area contributed by atoms with Gasteiger partial charge in [0.05, 0.1) is 5.02 Å². The third-order valence-corrected chi connectivity index (χ3v) is 3.69. The van der Waals surface area contributed by atoms with Gasteiger partial charge < -0.3 is 10.1 Å². The van der Waals surface area contributed by atoms with Gasteiger partial charge in [0.2, 0.25) is 0 Å². The summed E-state index contributed by atoms with van der Waals surface area (Å²) in [5, 5.41) is 2.62. The van der Waals surface area contributed by atoms with Gasteiger partial charge in [-0.2, -0.15) is 0 Å². The number of anilines is 1. The van der Waals surface area contributed by atoms with Gasteiger partial charge in [0.1, 0.15) is 11.6 Å². The third kappa shape index (κ3) is 4.45. The maximum absolute atomic E-state index is 13.1. The Morgan fingerprint density at radius 3 is 2.52 bits per heavy atom. The lowest BCUT2D eigenvalue weighted by Crippen LogP contribution is -2.30. The van der Waals surface area contributed by atoms with Crippen LogP contribution in [0.2, 0.25) is 5.02 Å². The van der Waals surface area contributed by atoms with Crippen molar-refractivity contribution in [2.24, 2.45) is 0 Å². The fourth-order valence-corrected chi connectivity index (χ4v) is 2.31. The fourth-order valence-electron chi connectivity index (χ4n) is 2.13. The number of para-hydroxylation sites is 1. The first-order chi connectivity index (χ1) is 10.9. The smallest absolute Gasteiger partial charge is 0.265 e. The lowest BCUT2D eigenvalue weighted by Gasteiger charge is -2.18. The Labute approximate surface area is 140 Å². The summed E-state index contributed by atoms with van der Waals surface area (Å²) in [4.78, 5) is 12.2. The Hall–Kier alpha value is -2.07. The molecule has 2 aromatic rings. The maximum Gasteiger partial charge on any atom is 0.265 e. The number of rotatable bonds is 5. The van der Waals surface area contributed by atoms with Crippen molar-refractivity contribution in [2.45, 2.75) is 32.8 Å². The molecule has 2 rings (SSSR count). The molecule has 0 aliphatic carbocycles. The first-order valence-electron chi connectivity index (χ1n) is 7.40. The zero-order chi connectivity index (χ0) is 17.0. The van der Waals surface area contributed by atoms with E-state index in [0.717, 1.165) is 5.56 Å². The topological polar surface area (TPSA) is 38.3 Å². The van der Waals surface area contributed by atoms with Crippen LogP contribution in [0.4, 0.5) is 10.1 Å². The van der Waals surface area contributed by atoms with Crippen LogP contribution in [0.3, 0.4) is 0 Å². The highest BCUT2D eigenvalue weighted by molar-refractivity contribution is 6.31. The molecule has 0 spiro atoms. The van der Waals surface area contributed by atoms with E-state index in [-0.39, 0.29) is 16.8 Å². The van der Waals surface area contributed by atoms with Crippen molar-refractivity contribution in [1.82, 2.24) is 0 Å². The predicted octanol–water partition coefficient (Wildman–Crippen LogP) is 5.01. The van der Waals surface area contributed by atoms with Crippen molar-refractivity contribution in [3.63, 3.8) is 0 Å². The van der Waals surface area contributed by atoms with Gasteiger partial charge in [0.25, 0.3) is 5.91 Å². The van der Waals surface area contributed by atoms with E-state index in [1.807, 2.05) is 24.3 Å². The Morgan fingerprint density at radius 1 is 1.17 bits per heavy atom. The maximum atomic E-state index is 13.1. The molecule has 1 N–H and O–H groups in total. The van der Waals surface area contributed by atoms with E-state index in [0.29, 0.717) is 11.4 Å². The van der Waals surface area contributed by atoms with Crippen LogP contribution in [-0.4, -0.2) is 12.0 Å². The van der Waals surface area contributed by atoms with Crippen molar-refractivity contribution in [3.8, 4) is 5.75 Å². The second-order valence-electron chi connectivity index (χ2n) is 5.57. The quantitative estimate of drug-likeness (QED) is 0.834. The van der Waals surface area contributed by atoms with Crippen LogP contribution >= 0.6 is 11.6 Å². The number of nitrogens with one attached hydrogen (secondary N) is 1. The molecule has 0 saturated carbocycles. The number of halogens is 2. The number of carbonyl (C=O) groups is 1. The molecular formula is C18H19ClFNO2. The van der Waals surface area contributed by atoms with Gasteiger partial charge in [0, 0.05) is 5.69 Å². The lowest BCUT2D eigenvalue weighted by atomic mass is 10.0. The van der Waals surface area contributed by atoms with E-state index in [2.05, 4.69) is 19.2 Å². The number of amides is 1. The minimum atomic E-state index is -0.696. The van der Waals surface area contributed by atoms with Crippen LogP contribution in [0.1, 0.15) is 32.3 Å². The summed E-state index contributed by atoms with van der Waals surface area (Å²) < 4.78 is 18.9. The van der Waals surface area contributed by atoms with Gasteiger partial charge in [-0.15, -0.1) is 0 Å². The zero-order valence-corrected chi connectivity index (χ0v) is 14.0. The summed E-state index contributed by atoms with van der Waals surface area (Å²) >= 11 is 5.70. The van der Waals surface area contributed by atoms with Gasteiger partial charge in [-0.05, 0) is 42.7 Å². The second-order valence-corrected chi connectivity index (χ2v) is 5.98. The monoisotopic (exact) mass is 335 g/mol.